The first kappa shape index (κ1) is 11.0. The topological polar surface area (TPSA) is 26.0 Å². The minimum Gasteiger partial charge on any atom is -0.398 e. The molecule has 0 saturated heterocycles. The van der Waals surface area contributed by atoms with Crippen molar-refractivity contribution < 1.29 is 0 Å². The smallest absolute Gasteiger partial charge is 0.0394 e. The minimum atomic E-state index is 0.808. The highest BCUT2D eigenvalue weighted by atomic mass is 127. The first-order valence-electron chi connectivity index (χ1n) is 4.48. The van der Waals surface area contributed by atoms with Crippen LogP contribution >= 0.6 is 38.5 Å². The van der Waals surface area contributed by atoms with E-state index >= 15 is 0 Å². The van der Waals surface area contributed by atoms with Crippen LogP contribution in [0, 0.1) is 3.57 Å². The monoisotopic (exact) mass is 373 g/mol. The van der Waals surface area contributed by atoms with E-state index in [-0.39, 0.29) is 0 Å². The Labute approximate surface area is 111 Å². The molecule has 0 fully saturated rings. The SMILES string of the molecule is Nc1ccc(Br)cc1-c1ccccc1I. The van der Waals surface area contributed by atoms with E-state index in [1.807, 2.05) is 30.3 Å². The molecule has 2 rings (SSSR count). The normalized spacial score (nSPS) is 10.3. The number of nitrogen functional groups attached to an aromatic ring is 1. The molecule has 0 unspecified atom stereocenters. The molecular weight excluding hydrogens is 365 g/mol. The Hall–Kier alpha value is -0.550. The maximum atomic E-state index is 5.97. The van der Waals surface area contributed by atoms with Gasteiger partial charge in [0.05, 0.1) is 0 Å². The lowest BCUT2D eigenvalue weighted by molar-refractivity contribution is 1.56. The number of anilines is 1. The Morgan fingerprint density at radius 3 is 2.47 bits per heavy atom. The van der Waals surface area contributed by atoms with Crippen molar-refractivity contribution in [2.75, 3.05) is 5.73 Å². The van der Waals surface area contributed by atoms with E-state index < -0.39 is 0 Å². The molecule has 0 atom stereocenters. The standard InChI is InChI=1S/C12H9BrIN/c13-8-5-6-12(15)10(7-8)9-3-1-2-4-11(9)14/h1-7H,15H2. The quantitative estimate of drug-likeness (QED) is 0.585. The maximum absolute atomic E-state index is 5.97. The lowest BCUT2D eigenvalue weighted by Gasteiger charge is -2.08. The van der Waals surface area contributed by atoms with E-state index in [2.05, 4.69) is 50.7 Å². The van der Waals surface area contributed by atoms with Gasteiger partial charge in [-0.05, 0) is 52.4 Å². The van der Waals surface area contributed by atoms with Crippen molar-refractivity contribution in [2.24, 2.45) is 0 Å². The third-order valence-corrected chi connectivity index (χ3v) is 3.61. The molecule has 15 heavy (non-hydrogen) atoms. The van der Waals surface area contributed by atoms with Crippen LogP contribution in [0.3, 0.4) is 0 Å². The number of benzene rings is 2. The summed E-state index contributed by atoms with van der Waals surface area (Å²) in [4.78, 5) is 0. The fraction of sp³-hybridized carbons (Fsp3) is 0. The zero-order valence-electron chi connectivity index (χ0n) is 7.87. The van der Waals surface area contributed by atoms with Crippen molar-refractivity contribution in [3.63, 3.8) is 0 Å². The lowest BCUT2D eigenvalue weighted by Crippen LogP contribution is -1.91. The summed E-state index contributed by atoms with van der Waals surface area (Å²) in [5.41, 5.74) is 9.03. The Balaban J connectivity index is 2.64. The molecule has 76 valence electrons. The van der Waals surface area contributed by atoms with Crippen LogP contribution in [0.2, 0.25) is 0 Å². The summed E-state index contributed by atoms with van der Waals surface area (Å²) >= 11 is 5.78. The van der Waals surface area contributed by atoms with E-state index in [0.29, 0.717) is 0 Å². The van der Waals surface area contributed by atoms with Gasteiger partial charge in [0.1, 0.15) is 0 Å². The van der Waals surface area contributed by atoms with E-state index in [0.717, 1.165) is 15.7 Å². The molecule has 2 N–H and O–H groups in total. The molecule has 2 aromatic rings. The third-order valence-electron chi connectivity index (χ3n) is 2.18. The summed E-state index contributed by atoms with van der Waals surface area (Å²) in [5.74, 6) is 0. The number of hydrogen-bond donors (Lipinski definition) is 1. The average molecular weight is 374 g/mol. The highest BCUT2D eigenvalue weighted by Gasteiger charge is 2.06. The van der Waals surface area contributed by atoms with Gasteiger partial charge in [-0.15, -0.1) is 0 Å². The van der Waals surface area contributed by atoms with Gasteiger partial charge in [0, 0.05) is 19.3 Å². The van der Waals surface area contributed by atoms with Crippen LogP contribution in [-0.2, 0) is 0 Å². The van der Waals surface area contributed by atoms with Crippen LogP contribution in [0.25, 0.3) is 11.1 Å². The van der Waals surface area contributed by atoms with Crippen LogP contribution < -0.4 is 5.73 Å². The van der Waals surface area contributed by atoms with Gasteiger partial charge in [0.2, 0.25) is 0 Å². The molecule has 2 aromatic carbocycles. The van der Waals surface area contributed by atoms with Gasteiger partial charge in [-0.1, -0.05) is 34.1 Å². The van der Waals surface area contributed by atoms with Gasteiger partial charge in [-0.25, -0.2) is 0 Å². The van der Waals surface area contributed by atoms with Crippen LogP contribution in [0.4, 0.5) is 5.69 Å². The summed E-state index contributed by atoms with van der Waals surface area (Å²) in [5, 5.41) is 0. The molecule has 0 radical (unpaired) electrons. The molecule has 0 aliphatic carbocycles. The van der Waals surface area contributed by atoms with Crippen molar-refractivity contribution in [3.05, 3.63) is 50.5 Å². The van der Waals surface area contributed by atoms with Crippen LogP contribution in [0.1, 0.15) is 0 Å². The molecule has 0 aliphatic heterocycles. The van der Waals surface area contributed by atoms with E-state index in [1.54, 1.807) is 0 Å². The Morgan fingerprint density at radius 2 is 1.73 bits per heavy atom. The second-order valence-corrected chi connectivity index (χ2v) is 5.29. The molecule has 0 aromatic heterocycles. The summed E-state index contributed by atoms with van der Waals surface area (Å²) in [6, 6.07) is 14.1. The summed E-state index contributed by atoms with van der Waals surface area (Å²) < 4.78 is 2.26. The van der Waals surface area contributed by atoms with Crippen molar-refractivity contribution in [3.8, 4) is 11.1 Å². The molecule has 0 saturated carbocycles. The molecule has 0 spiro atoms. The van der Waals surface area contributed by atoms with Crippen LogP contribution in [-0.4, -0.2) is 0 Å². The predicted molar refractivity (Wildman–Crippen MR) is 76.7 cm³/mol. The van der Waals surface area contributed by atoms with Gasteiger partial charge in [0.25, 0.3) is 0 Å². The number of rotatable bonds is 1. The first-order valence-corrected chi connectivity index (χ1v) is 6.35. The Bertz CT molecular complexity index is 497. The van der Waals surface area contributed by atoms with Crippen LogP contribution in [0.15, 0.2) is 46.9 Å². The lowest BCUT2D eigenvalue weighted by atomic mass is 10.0. The van der Waals surface area contributed by atoms with Crippen molar-refractivity contribution >= 4 is 44.2 Å². The molecule has 0 aliphatic rings. The molecule has 1 nitrogen and oxygen atoms in total. The highest BCUT2D eigenvalue weighted by Crippen LogP contribution is 2.31. The van der Waals surface area contributed by atoms with Gasteiger partial charge >= 0.3 is 0 Å². The molecule has 0 bridgehead atoms. The van der Waals surface area contributed by atoms with Gasteiger partial charge in [-0.2, -0.15) is 0 Å². The Morgan fingerprint density at radius 1 is 1.00 bits per heavy atom. The molecule has 0 heterocycles. The highest BCUT2D eigenvalue weighted by molar-refractivity contribution is 14.1. The average Bonchev–Trinajstić information content (AvgIpc) is 2.23. The summed E-state index contributed by atoms with van der Waals surface area (Å²) in [6.07, 6.45) is 0. The van der Waals surface area contributed by atoms with Crippen LogP contribution in [0.5, 0.6) is 0 Å². The fourth-order valence-electron chi connectivity index (χ4n) is 1.44. The zero-order valence-corrected chi connectivity index (χ0v) is 11.6. The zero-order chi connectivity index (χ0) is 10.8. The second kappa shape index (κ2) is 4.53. The summed E-state index contributed by atoms with van der Waals surface area (Å²) in [6.45, 7) is 0. The predicted octanol–water partition coefficient (Wildman–Crippen LogP) is 4.30. The third kappa shape index (κ3) is 2.34. The number of hydrogen-bond acceptors (Lipinski definition) is 1. The Kier molecular flexibility index (Phi) is 3.31. The summed E-state index contributed by atoms with van der Waals surface area (Å²) in [7, 11) is 0. The first-order chi connectivity index (χ1) is 7.18. The van der Waals surface area contributed by atoms with E-state index in [9.17, 15) is 0 Å². The van der Waals surface area contributed by atoms with Crippen molar-refractivity contribution in [2.45, 2.75) is 0 Å². The maximum Gasteiger partial charge on any atom is 0.0394 e. The van der Waals surface area contributed by atoms with Gasteiger partial charge in [-0.3, -0.25) is 0 Å². The van der Waals surface area contributed by atoms with E-state index in [4.69, 9.17) is 5.73 Å². The van der Waals surface area contributed by atoms with Gasteiger partial charge in [0.15, 0.2) is 0 Å². The van der Waals surface area contributed by atoms with Crippen molar-refractivity contribution in [1.29, 1.82) is 0 Å². The molecular formula is C12H9BrIN. The van der Waals surface area contributed by atoms with E-state index in [1.165, 1.54) is 9.13 Å². The number of halogens is 2. The fourth-order valence-corrected chi connectivity index (χ4v) is 2.48. The van der Waals surface area contributed by atoms with Gasteiger partial charge < -0.3 is 5.73 Å². The molecule has 3 heteroatoms. The molecule has 0 amide bonds. The largest absolute Gasteiger partial charge is 0.398 e. The van der Waals surface area contributed by atoms with Crippen molar-refractivity contribution in [1.82, 2.24) is 0 Å². The number of nitrogens with two attached hydrogens (primary N) is 1. The minimum absolute atomic E-state index is 0.808. The second-order valence-electron chi connectivity index (χ2n) is 3.21.